The van der Waals surface area contributed by atoms with E-state index < -0.39 is 0 Å². The molecule has 1 heterocycles. The molecule has 0 spiro atoms. The Morgan fingerprint density at radius 1 is 1.00 bits per heavy atom. The van der Waals surface area contributed by atoms with Gasteiger partial charge in [-0.2, -0.15) is 0 Å². The zero-order valence-corrected chi connectivity index (χ0v) is 5.68. The molecule has 0 radical (unpaired) electrons. The molecule has 2 heteroatoms. The fraction of sp³-hybridized carbons (Fsp3) is 0.500. The lowest BCUT2D eigenvalue weighted by Crippen LogP contribution is -1.85. The molecule has 0 atom stereocenters. The minimum absolute atomic E-state index is 1.50. The highest BCUT2D eigenvalue weighted by molar-refractivity contribution is 7.97. The largest absolute Gasteiger partial charge is 0.0599 e. The normalized spacial score (nSPS) is 23.7. The third kappa shape index (κ3) is 0.696. The first-order chi connectivity index (χ1) is 2.79. The molecule has 0 nitrogen and oxygen atoms in total. The predicted molar refractivity (Wildman–Crippen MR) is 35.2 cm³/mol. The van der Waals surface area contributed by atoms with Crippen LogP contribution < -0.4 is 0 Å². The van der Waals surface area contributed by atoms with E-state index in [9.17, 15) is 0 Å². The van der Waals surface area contributed by atoms with Crippen LogP contribution in [0.15, 0.2) is 0 Å². The van der Waals surface area contributed by atoms with Crippen molar-refractivity contribution in [1.82, 2.24) is 0 Å². The first kappa shape index (κ1) is 4.50. The van der Waals surface area contributed by atoms with Crippen molar-refractivity contribution >= 4 is 26.5 Å². The van der Waals surface area contributed by atoms with Crippen molar-refractivity contribution in [3.8, 4) is 0 Å². The van der Waals surface area contributed by atoms with Gasteiger partial charge in [-0.3, -0.25) is 0 Å². The molecule has 0 aromatic rings. The molecule has 0 aromatic heterocycles. The van der Waals surface area contributed by atoms with Crippen LogP contribution >= 0.6 is 16.4 Å². The van der Waals surface area contributed by atoms with Gasteiger partial charge in [0.1, 0.15) is 0 Å². The summed E-state index contributed by atoms with van der Waals surface area (Å²) < 4.78 is 0. The molecule has 1 aliphatic heterocycles. The van der Waals surface area contributed by atoms with E-state index in [0.29, 0.717) is 0 Å². The van der Waals surface area contributed by atoms with Crippen LogP contribution in [0.25, 0.3) is 0 Å². The minimum Gasteiger partial charge on any atom is -0.0599 e. The molecule has 0 fully saturated rings. The van der Waals surface area contributed by atoms with E-state index in [-0.39, 0.29) is 0 Å². The SMILES string of the molecule is CC1=PC(C)=P1. The third-order valence-electron chi connectivity index (χ3n) is 0.647. The van der Waals surface area contributed by atoms with Gasteiger partial charge in [-0.15, -0.1) is 0 Å². The lowest BCUT2D eigenvalue weighted by molar-refractivity contribution is 2.07. The van der Waals surface area contributed by atoms with Gasteiger partial charge in [0, 0.05) is 10.1 Å². The lowest BCUT2D eigenvalue weighted by atomic mass is 10.9. The van der Waals surface area contributed by atoms with E-state index >= 15 is 0 Å². The van der Waals surface area contributed by atoms with Crippen LogP contribution in [0.4, 0.5) is 0 Å². The van der Waals surface area contributed by atoms with Crippen LogP contribution in [-0.4, -0.2) is 10.1 Å². The highest BCUT2D eigenvalue weighted by Crippen LogP contribution is 2.27. The average molecular weight is 116 g/mol. The summed E-state index contributed by atoms with van der Waals surface area (Å²) >= 11 is 0. The van der Waals surface area contributed by atoms with Crippen molar-refractivity contribution in [2.75, 3.05) is 0 Å². The van der Waals surface area contributed by atoms with Crippen LogP contribution in [-0.2, 0) is 0 Å². The zero-order valence-electron chi connectivity index (χ0n) is 3.89. The Bertz CT molecular complexity index is 100. The molecular weight excluding hydrogens is 110 g/mol. The molecule has 0 bridgehead atoms. The van der Waals surface area contributed by atoms with Gasteiger partial charge in [-0.1, -0.05) is 16.4 Å². The molecule has 1 rings (SSSR count). The second-order valence-corrected chi connectivity index (χ2v) is 5.15. The highest BCUT2D eigenvalue weighted by Gasteiger charge is 1.96. The molecule has 0 unspecified atom stereocenters. The predicted octanol–water partition coefficient (Wildman–Crippen LogP) is 2.19. The van der Waals surface area contributed by atoms with Crippen molar-refractivity contribution in [2.24, 2.45) is 0 Å². The summed E-state index contributed by atoms with van der Waals surface area (Å²) in [6, 6.07) is 0. The highest BCUT2D eigenvalue weighted by atomic mass is 31.1. The maximum atomic E-state index is 2.19. The van der Waals surface area contributed by atoms with Gasteiger partial charge in [-0.25, -0.2) is 0 Å². The molecule has 0 saturated heterocycles. The van der Waals surface area contributed by atoms with Crippen LogP contribution in [0, 0.1) is 0 Å². The zero-order chi connectivity index (χ0) is 4.57. The maximum absolute atomic E-state index is 2.19. The van der Waals surface area contributed by atoms with Gasteiger partial charge >= 0.3 is 0 Å². The van der Waals surface area contributed by atoms with E-state index in [4.69, 9.17) is 0 Å². The van der Waals surface area contributed by atoms with Crippen LogP contribution in [0.1, 0.15) is 13.8 Å². The van der Waals surface area contributed by atoms with E-state index in [1.165, 1.54) is 16.4 Å². The van der Waals surface area contributed by atoms with Gasteiger partial charge in [0.05, 0.1) is 0 Å². The molecule has 0 aliphatic carbocycles. The molecule has 32 valence electrons. The molecule has 6 heavy (non-hydrogen) atoms. The summed E-state index contributed by atoms with van der Waals surface area (Å²) in [6.45, 7) is 4.38. The Balaban J connectivity index is 2.57. The monoisotopic (exact) mass is 116 g/mol. The molecule has 0 aromatic carbocycles. The van der Waals surface area contributed by atoms with E-state index in [1.807, 2.05) is 0 Å². The molecule has 0 amide bonds. The smallest absolute Gasteiger partial charge is 0.00473 e. The van der Waals surface area contributed by atoms with Gasteiger partial charge in [-0.05, 0) is 13.8 Å². The number of hydrogen-bond acceptors (Lipinski definition) is 0. The van der Waals surface area contributed by atoms with Gasteiger partial charge in [0.15, 0.2) is 0 Å². The van der Waals surface area contributed by atoms with Crippen molar-refractivity contribution in [3.63, 3.8) is 0 Å². The first-order valence-corrected chi connectivity index (χ1v) is 3.68. The van der Waals surface area contributed by atoms with E-state index in [0.717, 1.165) is 0 Å². The van der Waals surface area contributed by atoms with Crippen molar-refractivity contribution in [2.45, 2.75) is 13.8 Å². The summed E-state index contributed by atoms with van der Waals surface area (Å²) in [5.74, 6) is 0. The average Bonchev–Trinajstić information content (AvgIpc) is 1.33. The van der Waals surface area contributed by atoms with Gasteiger partial charge in [0.2, 0.25) is 0 Å². The standard InChI is InChI=1S/C4H6P2/c1-3-5-4(2)6-3/h1-2H3. The fourth-order valence-corrected chi connectivity index (χ4v) is 2.92. The topological polar surface area (TPSA) is 0 Å². The third-order valence-corrected chi connectivity index (χ3v) is 3.14. The molecule has 0 N–H and O–H groups in total. The lowest BCUT2D eigenvalue weighted by Gasteiger charge is -2.00. The molecular formula is C4H6P2. The van der Waals surface area contributed by atoms with Gasteiger partial charge < -0.3 is 0 Å². The summed E-state index contributed by atoms with van der Waals surface area (Å²) in [4.78, 5) is 0. The van der Waals surface area contributed by atoms with E-state index in [2.05, 4.69) is 13.8 Å². The Hall–Kier alpha value is 0.340. The summed E-state index contributed by atoms with van der Waals surface area (Å²) in [5, 5.41) is 3.18. The first-order valence-electron chi connectivity index (χ1n) is 1.89. The molecule has 0 saturated carbocycles. The Morgan fingerprint density at radius 2 is 1.33 bits per heavy atom. The van der Waals surface area contributed by atoms with Crippen LogP contribution in [0.5, 0.6) is 0 Å². The van der Waals surface area contributed by atoms with Crippen molar-refractivity contribution < 1.29 is 0 Å². The second kappa shape index (κ2) is 1.45. The Labute approximate surface area is 41.2 Å². The fourth-order valence-electron chi connectivity index (χ4n) is 0.474. The summed E-state index contributed by atoms with van der Waals surface area (Å²) in [6.07, 6.45) is 0. The Morgan fingerprint density at radius 3 is 1.33 bits per heavy atom. The minimum atomic E-state index is 1.50. The number of hydrogen-bond donors (Lipinski definition) is 0. The quantitative estimate of drug-likeness (QED) is 0.425. The van der Waals surface area contributed by atoms with Crippen molar-refractivity contribution in [3.05, 3.63) is 0 Å². The van der Waals surface area contributed by atoms with Crippen molar-refractivity contribution in [1.29, 1.82) is 0 Å². The van der Waals surface area contributed by atoms with E-state index in [1.54, 1.807) is 10.1 Å². The maximum Gasteiger partial charge on any atom is 0.00473 e. The van der Waals surface area contributed by atoms with Crippen LogP contribution in [0.3, 0.4) is 0 Å². The van der Waals surface area contributed by atoms with Crippen LogP contribution in [0.2, 0.25) is 0 Å². The molecule has 1 aliphatic rings. The van der Waals surface area contributed by atoms with Gasteiger partial charge in [0.25, 0.3) is 0 Å². The Kier molecular flexibility index (Phi) is 1.08. The summed E-state index contributed by atoms with van der Waals surface area (Å²) in [5.41, 5.74) is 0. The number of rotatable bonds is 0. The second-order valence-electron chi connectivity index (χ2n) is 1.32. The summed E-state index contributed by atoms with van der Waals surface area (Å²) in [7, 11) is 2.99.